The zero-order valence-corrected chi connectivity index (χ0v) is 19.0. The molecule has 174 valence electrons. The molecule has 0 saturated heterocycles. The van der Waals surface area contributed by atoms with Crippen LogP contribution in [-0.4, -0.2) is 28.6 Å². The zero-order valence-electron chi connectivity index (χ0n) is 19.0. The Morgan fingerprint density at radius 3 is 2.26 bits per heavy atom. The first-order valence-corrected chi connectivity index (χ1v) is 11.2. The minimum atomic E-state index is -1.02. The molecule has 3 aromatic rings. The van der Waals surface area contributed by atoms with E-state index in [2.05, 4.69) is 17.8 Å². The smallest absolute Gasteiger partial charge is 0.272 e. The highest BCUT2D eigenvalue weighted by Crippen LogP contribution is 2.70. The third kappa shape index (κ3) is 2.41. The minimum absolute atomic E-state index is 0.143. The van der Waals surface area contributed by atoms with E-state index in [0.29, 0.717) is 34.6 Å². The predicted molar refractivity (Wildman–Crippen MR) is 120 cm³/mol. The lowest BCUT2D eigenvalue weighted by Gasteiger charge is -2.39. The largest absolute Gasteiger partial charge is 0.454 e. The second kappa shape index (κ2) is 6.65. The van der Waals surface area contributed by atoms with E-state index in [-0.39, 0.29) is 18.3 Å². The van der Waals surface area contributed by atoms with Gasteiger partial charge in [0.25, 0.3) is 11.8 Å². The van der Waals surface area contributed by atoms with E-state index in [0.717, 1.165) is 12.1 Å². The number of aromatic nitrogens is 2. The number of nitrogens with one attached hydrogen (secondary N) is 2. The number of carbonyl (C=O) groups is 2. The Balaban J connectivity index is 1.41. The molecule has 2 aromatic carbocycles. The molecule has 2 N–H and O–H groups in total. The monoisotopic (exact) mass is 462 g/mol. The van der Waals surface area contributed by atoms with Crippen molar-refractivity contribution in [3.8, 4) is 11.5 Å². The van der Waals surface area contributed by atoms with E-state index >= 15 is 0 Å². The van der Waals surface area contributed by atoms with Crippen LogP contribution in [0.3, 0.4) is 0 Å². The number of hydrazine groups is 1. The molecule has 2 amide bonds. The second-order valence-electron chi connectivity index (χ2n) is 9.87. The van der Waals surface area contributed by atoms with Crippen LogP contribution in [0.25, 0.3) is 11.0 Å². The molecule has 6 rings (SSSR count). The van der Waals surface area contributed by atoms with Crippen LogP contribution in [0.4, 0.5) is 4.39 Å². The number of carbonyl (C=O) groups excluding carboxylic acids is 2. The van der Waals surface area contributed by atoms with Gasteiger partial charge in [0, 0.05) is 17.5 Å². The van der Waals surface area contributed by atoms with Gasteiger partial charge in [0.2, 0.25) is 6.79 Å². The van der Waals surface area contributed by atoms with Crippen molar-refractivity contribution < 1.29 is 23.5 Å². The molecule has 0 radical (unpaired) electrons. The fourth-order valence-electron chi connectivity index (χ4n) is 5.93. The Bertz CT molecular complexity index is 1410. The molecular weight excluding hydrogens is 439 g/mol. The maximum absolute atomic E-state index is 14.0. The van der Waals surface area contributed by atoms with Crippen molar-refractivity contribution in [3.63, 3.8) is 0 Å². The quantitative estimate of drug-likeness (QED) is 0.567. The summed E-state index contributed by atoms with van der Waals surface area (Å²) in [5.41, 5.74) is 5.51. The molecule has 1 aromatic heterocycles. The molecule has 8 nitrogen and oxygen atoms in total. The standard InChI is InChI=1S/C25H23FN4O4/c1-23(2)24(3)8-9-25(23,22(32)30-29-21(31)13-6-4-5-7-14(13)26)20-19(24)27-15-10-17-18(34-12-33-17)11-16(15)28-20/h4-7,10-11H,8-9,12H2,1-3H3,(H,29,31)(H,30,32). The van der Waals surface area contributed by atoms with Gasteiger partial charge in [-0.3, -0.25) is 20.4 Å². The van der Waals surface area contributed by atoms with Gasteiger partial charge in [-0.2, -0.15) is 0 Å². The van der Waals surface area contributed by atoms with Gasteiger partial charge in [-0.15, -0.1) is 0 Å². The van der Waals surface area contributed by atoms with Crippen LogP contribution >= 0.6 is 0 Å². The van der Waals surface area contributed by atoms with E-state index in [4.69, 9.17) is 19.4 Å². The van der Waals surface area contributed by atoms with E-state index < -0.39 is 28.0 Å². The van der Waals surface area contributed by atoms with E-state index in [9.17, 15) is 14.0 Å². The molecule has 2 unspecified atom stereocenters. The van der Waals surface area contributed by atoms with Crippen molar-refractivity contribution in [2.24, 2.45) is 5.41 Å². The van der Waals surface area contributed by atoms with Crippen molar-refractivity contribution in [2.75, 3.05) is 6.79 Å². The van der Waals surface area contributed by atoms with E-state index in [1.165, 1.54) is 18.2 Å². The van der Waals surface area contributed by atoms with Gasteiger partial charge in [-0.05, 0) is 30.4 Å². The molecule has 2 bridgehead atoms. The Morgan fingerprint density at radius 2 is 1.59 bits per heavy atom. The van der Waals surface area contributed by atoms with Crippen LogP contribution in [0.5, 0.6) is 11.5 Å². The van der Waals surface area contributed by atoms with Crippen LogP contribution in [0.2, 0.25) is 0 Å². The van der Waals surface area contributed by atoms with Gasteiger partial charge in [-0.25, -0.2) is 14.4 Å². The van der Waals surface area contributed by atoms with Gasteiger partial charge in [0.05, 0.1) is 28.0 Å². The Morgan fingerprint density at radius 1 is 0.941 bits per heavy atom. The zero-order chi connectivity index (χ0) is 23.9. The van der Waals surface area contributed by atoms with Crippen molar-refractivity contribution in [3.05, 3.63) is 59.2 Å². The van der Waals surface area contributed by atoms with Crippen molar-refractivity contribution in [1.29, 1.82) is 0 Å². The lowest BCUT2D eigenvalue weighted by atomic mass is 9.63. The minimum Gasteiger partial charge on any atom is -0.454 e. The molecule has 0 spiro atoms. The molecule has 2 heterocycles. The number of halogens is 1. The van der Waals surface area contributed by atoms with Gasteiger partial charge >= 0.3 is 0 Å². The van der Waals surface area contributed by atoms with Crippen molar-refractivity contribution in [2.45, 2.75) is 44.4 Å². The highest BCUT2D eigenvalue weighted by atomic mass is 19.1. The fraction of sp³-hybridized carbons (Fsp3) is 0.360. The summed E-state index contributed by atoms with van der Waals surface area (Å²) in [4.78, 5) is 36.1. The van der Waals surface area contributed by atoms with Crippen LogP contribution < -0.4 is 20.3 Å². The fourth-order valence-corrected chi connectivity index (χ4v) is 5.93. The number of rotatable bonds is 2. The van der Waals surface area contributed by atoms with E-state index in [1.807, 2.05) is 19.9 Å². The molecule has 1 aliphatic heterocycles. The molecular formula is C25H23FN4O4. The van der Waals surface area contributed by atoms with Crippen molar-refractivity contribution >= 4 is 22.8 Å². The Kier molecular flexibility index (Phi) is 4.07. The van der Waals surface area contributed by atoms with Crippen LogP contribution in [0.1, 0.15) is 55.4 Å². The number of nitrogens with zero attached hydrogens (tertiary/aromatic N) is 2. The average molecular weight is 462 g/mol. The summed E-state index contributed by atoms with van der Waals surface area (Å²) in [5, 5.41) is 0. The predicted octanol–water partition coefficient (Wildman–Crippen LogP) is 3.29. The summed E-state index contributed by atoms with van der Waals surface area (Å²) < 4.78 is 25.0. The van der Waals surface area contributed by atoms with Crippen molar-refractivity contribution in [1.82, 2.24) is 20.8 Å². The SMILES string of the molecule is CC12CCC(C(=O)NNC(=O)c3ccccc3F)(c3nc4cc5c(cc4nc31)OCO5)C2(C)C. The first-order chi connectivity index (χ1) is 16.2. The molecule has 1 fully saturated rings. The first-order valence-electron chi connectivity index (χ1n) is 11.2. The van der Waals surface area contributed by atoms with Gasteiger partial charge < -0.3 is 9.47 Å². The number of benzene rings is 2. The maximum atomic E-state index is 14.0. The number of ether oxygens (including phenoxy) is 2. The Labute approximate surface area is 194 Å². The summed E-state index contributed by atoms with van der Waals surface area (Å²) in [5.74, 6) is -0.567. The summed E-state index contributed by atoms with van der Waals surface area (Å²) in [6.45, 7) is 6.33. The third-order valence-electron chi connectivity index (χ3n) is 8.33. The molecule has 3 aliphatic rings. The number of hydrogen-bond donors (Lipinski definition) is 2. The van der Waals surface area contributed by atoms with Crippen LogP contribution in [0, 0.1) is 11.2 Å². The van der Waals surface area contributed by atoms with Gasteiger partial charge in [-0.1, -0.05) is 32.9 Å². The molecule has 1 saturated carbocycles. The molecule has 2 atom stereocenters. The van der Waals surface area contributed by atoms with Gasteiger partial charge in [0.15, 0.2) is 11.5 Å². The third-order valence-corrected chi connectivity index (χ3v) is 8.33. The maximum Gasteiger partial charge on any atom is 0.272 e. The summed E-state index contributed by atoms with van der Waals surface area (Å²) >= 11 is 0. The molecule has 2 aliphatic carbocycles. The highest BCUT2D eigenvalue weighted by molar-refractivity contribution is 5.98. The summed E-state index contributed by atoms with van der Waals surface area (Å²) in [7, 11) is 0. The molecule has 9 heteroatoms. The lowest BCUT2D eigenvalue weighted by molar-refractivity contribution is -0.131. The second-order valence-corrected chi connectivity index (χ2v) is 9.87. The van der Waals surface area contributed by atoms with Crippen LogP contribution in [-0.2, 0) is 15.6 Å². The number of hydrogen-bond acceptors (Lipinski definition) is 6. The molecule has 34 heavy (non-hydrogen) atoms. The normalized spacial score (nSPS) is 25.3. The lowest BCUT2D eigenvalue weighted by Crippen LogP contribution is -2.55. The number of fused-ring (bicyclic) bond motifs is 7. The highest BCUT2D eigenvalue weighted by Gasteiger charge is 2.73. The van der Waals surface area contributed by atoms with E-state index in [1.54, 1.807) is 12.1 Å². The summed E-state index contributed by atoms with van der Waals surface area (Å²) in [6.07, 6.45) is 1.29. The van der Waals surface area contributed by atoms with Gasteiger partial charge in [0.1, 0.15) is 11.2 Å². The topological polar surface area (TPSA) is 102 Å². The first kappa shape index (κ1) is 20.8. The number of amides is 2. The van der Waals surface area contributed by atoms with Crippen LogP contribution in [0.15, 0.2) is 36.4 Å². The summed E-state index contributed by atoms with van der Waals surface area (Å²) in [6, 6.07) is 9.20. The Hall–Kier alpha value is -3.75. The average Bonchev–Trinajstić information content (AvgIpc) is 3.39.